The van der Waals surface area contributed by atoms with Gasteiger partial charge in [0.25, 0.3) is 0 Å². The Balaban J connectivity index is 1.53. The Labute approximate surface area is 253 Å². The van der Waals surface area contributed by atoms with Crippen molar-refractivity contribution in [3.05, 3.63) is 66.7 Å². The van der Waals surface area contributed by atoms with Crippen LogP contribution in [-0.2, 0) is 4.74 Å². The highest BCUT2D eigenvalue weighted by molar-refractivity contribution is 5.91. The zero-order valence-electron chi connectivity index (χ0n) is 25.8. The number of halogens is 1. The molecule has 0 bridgehead atoms. The van der Waals surface area contributed by atoms with Crippen molar-refractivity contribution >= 4 is 5.97 Å². The zero-order valence-corrected chi connectivity index (χ0v) is 25.8. The van der Waals surface area contributed by atoms with Gasteiger partial charge in [-0.05, 0) is 55.7 Å². The van der Waals surface area contributed by atoms with Crippen LogP contribution in [0.4, 0.5) is 4.39 Å². The monoisotopic (exact) mass is 584 g/mol. The van der Waals surface area contributed by atoms with Gasteiger partial charge in [0, 0.05) is 6.61 Å². The number of carbonyl (C=O) groups is 1. The van der Waals surface area contributed by atoms with Gasteiger partial charge in [0.05, 0.1) is 18.8 Å². The first-order chi connectivity index (χ1) is 20.6. The van der Waals surface area contributed by atoms with Gasteiger partial charge in [0.2, 0.25) is 0 Å². The van der Waals surface area contributed by atoms with Crippen molar-refractivity contribution in [2.75, 3.05) is 26.4 Å². The van der Waals surface area contributed by atoms with Crippen molar-refractivity contribution in [1.82, 2.24) is 0 Å². The molecule has 2 rings (SSSR count). The molecule has 2 aromatic carbocycles. The molecule has 0 saturated carbocycles. The number of hydrogen-bond donors (Lipinski definition) is 0. The molecule has 0 radical (unpaired) electrons. The molecule has 0 heterocycles. The zero-order chi connectivity index (χ0) is 30.1. The van der Waals surface area contributed by atoms with E-state index in [0.717, 1.165) is 38.0 Å². The number of benzene rings is 2. The first kappa shape index (κ1) is 35.3. The molecule has 0 amide bonds. The maximum Gasteiger partial charge on any atom is 0.343 e. The molecule has 0 N–H and O–H groups in total. The third-order valence-corrected chi connectivity index (χ3v) is 7.12. The second-order valence-electron chi connectivity index (χ2n) is 10.9. The standard InChI is InChI=1S/C36H53FO5/c1-3-5-20-32(37)30-41-34-21-16-17-22-35(34)42-36(38)31-23-25-33(26-24-31)40-29-19-15-13-11-9-7-6-8-10-12-14-18-28-39-27-4-2/h4,16-17,21-26,32H,2-3,5-15,18-20,27-30H2,1H3. The largest absolute Gasteiger partial charge is 0.494 e. The van der Waals surface area contributed by atoms with E-state index in [1.54, 1.807) is 54.6 Å². The van der Waals surface area contributed by atoms with Gasteiger partial charge in [0.15, 0.2) is 11.5 Å². The number of para-hydroxylation sites is 2. The fourth-order valence-corrected chi connectivity index (χ4v) is 4.62. The highest BCUT2D eigenvalue weighted by Crippen LogP contribution is 2.28. The number of hydrogen-bond acceptors (Lipinski definition) is 5. The molecule has 2 aromatic rings. The van der Waals surface area contributed by atoms with Gasteiger partial charge in [-0.1, -0.05) is 102 Å². The fraction of sp³-hybridized carbons (Fsp3) is 0.583. The van der Waals surface area contributed by atoms with Crippen LogP contribution in [0.2, 0.25) is 0 Å². The van der Waals surface area contributed by atoms with Crippen molar-refractivity contribution < 1.29 is 28.1 Å². The van der Waals surface area contributed by atoms with Gasteiger partial charge in [-0.15, -0.1) is 6.58 Å². The number of ether oxygens (including phenoxy) is 4. The lowest BCUT2D eigenvalue weighted by Crippen LogP contribution is -2.14. The van der Waals surface area contributed by atoms with E-state index in [1.165, 1.54) is 64.2 Å². The molecule has 0 aliphatic heterocycles. The minimum absolute atomic E-state index is 0.0603. The van der Waals surface area contributed by atoms with Crippen LogP contribution in [0.1, 0.15) is 114 Å². The lowest BCUT2D eigenvalue weighted by Gasteiger charge is -2.13. The van der Waals surface area contributed by atoms with E-state index in [1.807, 2.05) is 6.92 Å². The van der Waals surface area contributed by atoms with Crippen molar-refractivity contribution in [2.45, 2.75) is 109 Å². The van der Waals surface area contributed by atoms with E-state index in [-0.39, 0.29) is 12.4 Å². The van der Waals surface area contributed by atoms with Crippen LogP contribution in [0.15, 0.2) is 61.2 Å². The minimum Gasteiger partial charge on any atom is -0.494 e. The summed E-state index contributed by atoms with van der Waals surface area (Å²) in [5, 5.41) is 0. The summed E-state index contributed by atoms with van der Waals surface area (Å²) < 4.78 is 36.4. The molecule has 0 aliphatic rings. The first-order valence-corrected chi connectivity index (χ1v) is 16.1. The molecule has 0 saturated heterocycles. The van der Waals surface area contributed by atoms with E-state index in [4.69, 9.17) is 18.9 Å². The van der Waals surface area contributed by atoms with Crippen molar-refractivity contribution in [3.63, 3.8) is 0 Å². The average molecular weight is 585 g/mol. The number of unbranched alkanes of at least 4 members (excludes halogenated alkanes) is 12. The van der Waals surface area contributed by atoms with Crippen molar-refractivity contribution in [3.8, 4) is 17.2 Å². The fourth-order valence-electron chi connectivity index (χ4n) is 4.62. The maximum absolute atomic E-state index is 14.0. The second kappa shape index (κ2) is 23.7. The summed E-state index contributed by atoms with van der Waals surface area (Å²) in [6.07, 6.45) is 18.1. The van der Waals surface area contributed by atoms with Crippen LogP contribution < -0.4 is 14.2 Å². The lowest BCUT2D eigenvalue weighted by molar-refractivity contribution is 0.0725. The number of carbonyl (C=O) groups excluding carboxylic acids is 1. The smallest absolute Gasteiger partial charge is 0.343 e. The summed E-state index contributed by atoms with van der Waals surface area (Å²) in [7, 11) is 0. The quantitative estimate of drug-likeness (QED) is 0.0477. The Morgan fingerprint density at radius 1 is 0.762 bits per heavy atom. The molecule has 5 nitrogen and oxygen atoms in total. The summed E-state index contributed by atoms with van der Waals surface area (Å²) in [6, 6.07) is 13.8. The highest BCUT2D eigenvalue weighted by Gasteiger charge is 2.14. The normalized spacial score (nSPS) is 11.7. The minimum atomic E-state index is -1.05. The molecule has 0 aromatic heterocycles. The molecule has 0 fully saturated rings. The predicted molar refractivity (Wildman–Crippen MR) is 170 cm³/mol. The van der Waals surface area contributed by atoms with Crippen LogP contribution in [-0.4, -0.2) is 38.6 Å². The van der Waals surface area contributed by atoms with Gasteiger partial charge in [0.1, 0.15) is 18.5 Å². The summed E-state index contributed by atoms with van der Waals surface area (Å²) in [4.78, 5) is 12.7. The van der Waals surface area contributed by atoms with E-state index in [9.17, 15) is 9.18 Å². The lowest BCUT2D eigenvalue weighted by atomic mass is 10.1. The van der Waals surface area contributed by atoms with Crippen LogP contribution in [0.25, 0.3) is 0 Å². The molecule has 0 spiro atoms. The molecule has 42 heavy (non-hydrogen) atoms. The average Bonchev–Trinajstić information content (AvgIpc) is 3.01. The molecule has 0 aliphatic carbocycles. The Hall–Kier alpha value is -2.86. The van der Waals surface area contributed by atoms with Crippen molar-refractivity contribution in [2.24, 2.45) is 0 Å². The van der Waals surface area contributed by atoms with Gasteiger partial charge in [-0.25, -0.2) is 9.18 Å². The number of rotatable bonds is 26. The number of esters is 1. The molecule has 1 atom stereocenters. The van der Waals surface area contributed by atoms with E-state index < -0.39 is 12.1 Å². The van der Waals surface area contributed by atoms with Crippen LogP contribution in [0, 0.1) is 0 Å². The molecular formula is C36H53FO5. The SMILES string of the molecule is C=CCOCCCCCCCCCCCCCCOc1ccc(C(=O)Oc2ccccc2OCC(F)CCCC)cc1. The van der Waals surface area contributed by atoms with Crippen molar-refractivity contribution in [1.29, 1.82) is 0 Å². The molecule has 1 unspecified atom stereocenters. The van der Waals surface area contributed by atoms with E-state index in [0.29, 0.717) is 30.9 Å². The molecule has 234 valence electrons. The van der Waals surface area contributed by atoms with Crippen LogP contribution in [0.3, 0.4) is 0 Å². The Bertz CT molecular complexity index is 962. The number of alkyl halides is 1. The Morgan fingerprint density at radius 2 is 1.33 bits per heavy atom. The highest BCUT2D eigenvalue weighted by atomic mass is 19.1. The topological polar surface area (TPSA) is 54.0 Å². The van der Waals surface area contributed by atoms with E-state index >= 15 is 0 Å². The molecule has 6 heteroatoms. The first-order valence-electron chi connectivity index (χ1n) is 16.1. The van der Waals surface area contributed by atoms with Gasteiger partial charge >= 0.3 is 5.97 Å². The summed E-state index contributed by atoms with van der Waals surface area (Å²) >= 11 is 0. The predicted octanol–water partition coefficient (Wildman–Crippen LogP) is 10.1. The Morgan fingerprint density at radius 3 is 1.93 bits per heavy atom. The van der Waals surface area contributed by atoms with Crippen LogP contribution in [0.5, 0.6) is 17.2 Å². The van der Waals surface area contributed by atoms with Gasteiger partial charge in [-0.2, -0.15) is 0 Å². The maximum atomic E-state index is 14.0. The second-order valence-corrected chi connectivity index (χ2v) is 10.9. The summed E-state index contributed by atoms with van der Waals surface area (Å²) in [6.45, 7) is 7.82. The summed E-state index contributed by atoms with van der Waals surface area (Å²) in [5.41, 5.74) is 0.414. The third kappa shape index (κ3) is 16.5. The van der Waals surface area contributed by atoms with Gasteiger partial charge < -0.3 is 18.9 Å². The van der Waals surface area contributed by atoms with E-state index in [2.05, 4.69) is 6.58 Å². The molecular weight excluding hydrogens is 531 g/mol. The van der Waals surface area contributed by atoms with Crippen LogP contribution >= 0.6 is 0 Å². The summed E-state index contributed by atoms with van der Waals surface area (Å²) in [5.74, 6) is 0.881. The Kier molecular flexibility index (Phi) is 19.9. The third-order valence-electron chi connectivity index (χ3n) is 7.12. The van der Waals surface area contributed by atoms with Gasteiger partial charge in [-0.3, -0.25) is 0 Å².